The van der Waals surface area contributed by atoms with Crippen molar-refractivity contribution in [1.29, 1.82) is 0 Å². The number of hydrogen-bond donors (Lipinski definition) is 3. The van der Waals surface area contributed by atoms with Gasteiger partial charge in [0.1, 0.15) is 37.1 Å². The number of aliphatic hydroxyl groups excluding tert-OH is 3. The maximum absolute atomic E-state index is 10.2. The molecule has 3 rings (SSSR count). The number of ether oxygens (including phenoxy) is 3. The molecule has 6 nitrogen and oxygen atoms in total. The Morgan fingerprint density at radius 2 is 0.582 bits per heavy atom. The summed E-state index contributed by atoms with van der Waals surface area (Å²) in [5, 5.41) is 30.7. The quantitative estimate of drug-likeness (QED) is 0.159. The van der Waals surface area contributed by atoms with Crippen molar-refractivity contribution < 1.29 is 29.5 Å². The first-order valence-corrected chi connectivity index (χ1v) is 20.3. The van der Waals surface area contributed by atoms with Gasteiger partial charge in [-0.2, -0.15) is 0 Å². The molecule has 0 atom stereocenters. The Hall–Kier alpha value is -3.06. The van der Waals surface area contributed by atoms with Crippen molar-refractivity contribution in [2.75, 3.05) is 39.6 Å². The van der Waals surface area contributed by atoms with Crippen molar-refractivity contribution in [3.8, 4) is 17.2 Å². The molecule has 0 saturated carbocycles. The Bertz CT molecular complexity index is 1550. The van der Waals surface area contributed by atoms with Crippen molar-refractivity contribution in [1.82, 2.24) is 0 Å². The highest BCUT2D eigenvalue weighted by atomic mass is 16.5. The molecule has 0 spiro atoms. The average Bonchev–Trinajstić information content (AvgIpc) is 3.02. The fourth-order valence-electron chi connectivity index (χ4n) is 7.00. The highest BCUT2D eigenvalue weighted by molar-refractivity contribution is 5.65. The van der Waals surface area contributed by atoms with E-state index >= 15 is 0 Å². The monoisotopic (exact) mass is 761 g/mol. The van der Waals surface area contributed by atoms with E-state index in [2.05, 4.69) is 161 Å². The van der Waals surface area contributed by atoms with E-state index in [0.717, 1.165) is 67.3 Å². The van der Waals surface area contributed by atoms with E-state index in [9.17, 15) is 15.3 Å². The highest BCUT2D eigenvalue weighted by Gasteiger charge is 2.38. The first-order chi connectivity index (χ1) is 25.0. The number of rotatable bonds is 12. The van der Waals surface area contributed by atoms with E-state index < -0.39 is 5.92 Å². The van der Waals surface area contributed by atoms with Gasteiger partial charge in [0.05, 0.1) is 19.8 Å². The van der Waals surface area contributed by atoms with Crippen LogP contribution in [0.1, 0.15) is 181 Å². The normalized spacial score (nSPS) is 13.4. The maximum Gasteiger partial charge on any atom is 0.127 e. The van der Waals surface area contributed by atoms with Crippen molar-refractivity contribution in [3.63, 3.8) is 0 Å². The maximum atomic E-state index is 10.2. The van der Waals surface area contributed by atoms with Crippen LogP contribution >= 0.6 is 0 Å². The summed E-state index contributed by atoms with van der Waals surface area (Å²) in [5.41, 5.74) is 7.91. The molecule has 0 bridgehead atoms. The zero-order valence-corrected chi connectivity index (χ0v) is 37.9. The Labute approximate surface area is 335 Å². The van der Waals surface area contributed by atoms with E-state index in [-0.39, 0.29) is 72.1 Å². The Balaban J connectivity index is 2.96. The van der Waals surface area contributed by atoms with Gasteiger partial charge >= 0.3 is 0 Å². The molecule has 308 valence electrons. The lowest BCUT2D eigenvalue weighted by Crippen LogP contribution is -2.25. The molecule has 55 heavy (non-hydrogen) atoms. The number of aliphatic hydroxyl groups is 3. The molecule has 6 heteroatoms. The molecular formula is C49H76O6. The lowest BCUT2D eigenvalue weighted by atomic mass is 9.70. The number of benzene rings is 3. The summed E-state index contributed by atoms with van der Waals surface area (Å²) in [6, 6.07) is 13.7. The van der Waals surface area contributed by atoms with Crippen LogP contribution in [0.25, 0.3) is 0 Å². The van der Waals surface area contributed by atoms with Gasteiger partial charge in [-0.1, -0.05) is 161 Å². The van der Waals surface area contributed by atoms with Crippen LogP contribution in [0.15, 0.2) is 36.4 Å². The van der Waals surface area contributed by atoms with Crippen LogP contribution in [0.3, 0.4) is 0 Å². The smallest absolute Gasteiger partial charge is 0.127 e. The summed E-state index contributed by atoms with van der Waals surface area (Å²) in [5.74, 6) is 1.71. The first kappa shape index (κ1) is 46.3. The van der Waals surface area contributed by atoms with E-state index in [4.69, 9.17) is 14.2 Å². The Morgan fingerprint density at radius 1 is 0.364 bits per heavy atom. The minimum atomic E-state index is -0.494. The van der Waals surface area contributed by atoms with Gasteiger partial charge in [-0.05, 0) is 49.2 Å². The molecule has 0 fully saturated rings. The molecule has 3 N–H and O–H groups in total. The Morgan fingerprint density at radius 3 is 0.745 bits per heavy atom. The topological polar surface area (TPSA) is 88.4 Å². The zero-order chi connectivity index (χ0) is 42.1. The lowest BCUT2D eigenvalue weighted by Gasteiger charge is -2.36. The van der Waals surface area contributed by atoms with Crippen molar-refractivity contribution in [2.24, 2.45) is 0 Å². The van der Waals surface area contributed by atoms with Crippen LogP contribution < -0.4 is 14.2 Å². The standard InChI is InChI=1S/C49H76O6/c1-44(2,3)31-25-34(41(53-22-19-50)37(28-31)47(10,11)12)40(35-26-32(45(4,5)6)29-38(48(13,14)15)42(35)54-23-20-51)36-27-33(46(7,8)9)30-39(49(16,17)18)43(36)55-24-21-52/h25-30,40,50-52H,19-24H2,1-18H3. The fraction of sp³-hybridized carbons (Fsp3) is 0.633. The van der Waals surface area contributed by atoms with E-state index in [1.807, 2.05) is 0 Å². The second-order valence-corrected chi connectivity index (χ2v) is 21.5. The molecule has 0 radical (unpaired) electrons. The van der Waals surface area contributed by atoms with Crippen LogP contribution in [-0.2, 0) is 32.5 Å². The predicted molar refractivity (Wildman–Crippen MR) is 230 cm³/mol. The third kappa shape index (κ3) is 11.1. The van der Waals surface area contributed by atoms with Gasteiger partial charge in [-0.25, -0.2) is 0 Å². The van der Waals surface area contributed by atoms with Crippen LogP contribution in [0.2, 0.25) is 0 Å². The number of hydrogen-bond acceptors (Lipinski definition) is 6. The summed E-state index contributed by atoms with van der Waals surface area (Å²) in [7, 11) is 0. The van der Waals surface area contributed by atoms with E-state index in [1.54, 1.807) is 0 Å². The van der Waals surface area contributed by atoms with Crippen molar-refractivity contribution in [3.05, 3.63) is 86.5 Å². The summed E-state index contributed by atoms with van der Waals surface area (Å²) in [6.07, 6.45) is 0. The van der Waals surface area contributed by atoms with Crippen molar-refractivity contribution in [2.45, 2.75) is 163 Å². The summed E-state index contributed by atoms with van der Waals surface area (Å²) in [4.78, 5) is 0. The molecule has 0 saturated heterocycles. The molecule has 0 amide bonds. The van der Waals surface area contributed by atoms with Crippen LogP contribution in [0, 0.1) is 0 Å². The minimum Gasteiger partial charge on any atom is -0.491 e. The molecule has 0 aliphatic carbocycles. The zero-order valence-electron chi connectivity index (χ0n) is 37.9. The van der Waals surface area contributed by atoms with E-state index in [0.29, 0.717) is 0 Å². The summed E-state index contributed by atoms with van der Waals surface area (Å²) >= 11 is 0. The van der Waals surface area contributed by atoms with Gasteiger partial charge in [-0.3, -0.25) is 0 Å². The van der Waals surface area contributed by atoms with Crippen LogP contribution in [-0.4, -0.2) is 55.0 Å². The van der Waals surface area contributed by atoms with E-state index in [1.165, 1.54) is 0 Å². The second kappa shape index (κ2) is 16.8. The van der Waals surface area contributed by atoms with Gasteiger partial charge < -0.3 is 29.5 Å². The third-order valence-electron chi connectivity index (χ3n) is 10.3. The Kier molecular flexibility index (Phi) is 14.2. The molecule has 0 aliphatic rings. The minimum absolute atomic E-state index is 0.129. The molecule has 0 aromatic heterocycles. The third-order valence-corrected chi connectivity index (χ3v) is 10.3. The lowest BCUT2D eigenvalue weighted by molar-refractivity contribution is 0.194. The predicted octanol–water partition coefficient (Wildman–Crippen LogP) is 10.8. The SMILES string of the molecule is CC(C)(C)c1cc(C(c2cc(C(C)(C)C)cc(C(C)(C)C)c2OCCO)c2cc(C(C)(C)C)cc(C(C)(C)C)c2OCCO)c(OCCO)c(C(C)(C)C)c1. The van der Waals surface area contributed by atoms with Gasteiger partial charge in [0.15, 0.2) is 0 Å². The largest absolute Gasteiger partial charge is 0.491 e. The highest BCUT2D eigenvalue weighted by Crippen LogP contribution is 2.53. The second-order valence-electron chi connectivity index (χ2n) is 21.5. The van der Waals surface area contributed by atoms with Crippen LogP contribution in [0.5, 0.6) is 17.2 Å². The molecule has 3 aromatic carbocycles. The summed E-state index contributed by atoms with van der Waals surface area (Å²) < 4.78 is 20.3. The van der Waals surface area contributed by atoms with Gasteiger partial charge in [0.25, 0.3) is 0 Å². The van der Waals surface area contributed by atoms with Gasteiger partial charge in [0.2, 0.25) is 0 Å². The van der Waals surface area contributed by atoms with Gasteiger partial charge in [0, 0.05) is 39.3 Å². The molecule has 3 aromatic rings. The average molecular weight is 761 g/mol. The first-order valence-electron chi connectivity index (χ1n) is 20.3. The summed E-state index contributed by atoms with van der Waals surface area (Å²) in [6.45, 7) is 40.0. The fourth-order valence-corrected chi connectivity index (χ4v) is 7.00. The van der Waals surface area contributed by atoms with Crippen molar-refractivity contribution >= 4 is 0 Å². The molecular weight excluding hydrogens is 685 g/mol. The van der Waals surface area contributed by atoms with Crippen LogP contribution in [0.4, 0.5) is 0 Å². The molecule has 0 heterocycles. The molecule has 0 unspecified atom stereocenters. The molecule has 0 aliphatic heterocycles. The van der Waals surface area contributed by atoms with Gasteiger partial charge in [-0.15, -0.1) is 0 Å².